The molecule has 6 nitrogen and oxygen atoms in total. The zero-order chi connectivity index (χ0) is 18.0. The van der Waals surface area contributed by atoms with Gasteiger partial charge in [0.15, 0.2) is 0 Å². The van der Waals surface area contributed by atoms with Crippen LogP contribution in [0, 0.1) is 6.92 Å². The summed E-state index contributed by atoms with van der Waals surface area (Å²) in [6.07, 6.45) is 0. The Hall–Kier alpha value is -1.93. The Morgan fingerprint density at radius 1 is 1.00 bits per heavy atom. The number of nitrogens with zero attached hydrogens (tertiary/aromatic N) is 1. The fourth-order valence-corrected chi connectivity index (χ4v) is 3.54. The number of rotatable bonds is 4. The molecule has 1 radical (unpaired) electrons. The smallest absolute Gasteiger partial charge is 0.264 e. The molecule has 0 saturated heterocycles. The number of carbonyl (C=O) groups excluding carboxylic acids is 1. The molecule has 0 bridgehead atoms. The molecule has 0 aliphatic carbocycles. The summed E-state index contributed by atoms with van der Waals surface area (Å²) in [6, 6.07) is 15.8. The van der Waals surface area contributed by atoms with E-state index in [4.69, 9.17) is 4.52 Å². The van der Waals surface area contributed by atoms with E-state index < -0.39 is 15.9 Å². The number of nitrogens with one attached hydrogen (secondary N) is 1. The Bertz CT molecular complexity index is 1010. The van der Waals surface area contributed by atoms with Gasteiger partial charge in [-0.3, -0.25) is 4.79 Å². The zero-order valence-corrected chi connectivity index (χ0v) is 17.5. The predicted molar refractivity (Wildman–Crippen MR) is 98.9 cm³/mol. The fraction of sp³-hybridized carbons (Fsp3) is 0.111. The van der Waals surface area contributed by atoms with Gasteiger partial charge in [-0.15, -0.1) is 0 Å². The molecule has 1 heterocycles. The van der Waals surface area contributed by atoms with Crippen molar-refractivity contribution >= 4 is 45.5 Å². The fourth-order valence-electron chi connectivity index (χ4n) is 2.55. The van der Waals surface area contributed by atoms with Crippen molar-refractivity contribution in [3.63, 3.8) is 0 Å². The Morgan fingerprint density at radius 2 is 1.62 bits per heavy atom. The van der Waals surface area contributed by atoms with Crippen LogP contribution in [0.2, 0.25) is 0 Å². The minimum absolute atomic E-state index is 0. The van der Waals surface area contributed by atoms with Crippen molar-refractivity contribution in [3.8, 4) is 22.4 Å². The first-order valence-corrected chi connectivity index (χ1v) is 9.02. The molecule has 1 N–H and O–H groups in total. The molecule has 8 heteroatoms. The third-order valence-corrected chi connectivity index (χ3v) is 5.09. The molecule has 0 atom stereocenters. The molecule has 3 aromatic rings. The summed E-state index contributed by atoms with van der Waals surface area (Å²) in [5.74, 6) is 0.00152. The minimum atomic E-state index is -3.86. The maximum Gasteiger partial charge on any atom is 0.264 e. The molecular weight excluding hydrogens is 363 g/mol. The maximum absolute atomic E-state index is 12.0. The van der Waals surface area contributed by atoms with Gasteiger partial charge in [0.1, 0.15) is 11.5 Å². The van der Waals surface area contributed by atoms with E-state index in [0.29, 0.717) is 11.5 Å². The molecule has 0 aliphatic rings. The van der Waals surface area contributed by atoms with Crippen molar-refractivity contribution < 1.29 is 17.7 Å². The summed E-state index contributed by atoms with van der Waals surface area (Å²) in [6.45, 7) is 2.95. The number of aryl methyl sites for hydroxylation is 1. The molecule has 0 unspecified atom stereocenters. The largest absolute Gasteiger partial charge is 0.360 e. The van der Waals surface area contributed by atoms with Gasteiger partial charge in [-0.2, -0.15) is 0 Å². The maximum atomic E-state index is 12.0. The van der Waals surface area contributed by atoms with Crippen molar-refractivity contribution in [2.75, 3.05) is 0 Å². The standard InChI is InChI=1S/C18H16N2O4S.Na/c1-12-17(18(19-24-12)15-6-4-3-5-7-15)14-8-10-16(11-9-14)25(22,23)20-13(2)21;/h3-11H,1-2H3,(H,20,21);. The van der Waals surface area contributed by atoms with Crippen LogP contribution >= 0.6 is 0 Å². The summed E-state index contributed by atoms with van der Waals surface area (Å²) in [7, 11) is -3.86. The van der Waals surface area contributed by atoms with Gasteiger partial charge in [-0.25, -0.2) is 13.1 Å². The van der Waals surface area contributed by atoms with E-state index in [-0.39, 0.29) is 34.5 Å². The van der Waals surface area contributed by atoms with Crippen molar-refractivity contribution in [2.45, 2.75) is 18.7 Å². The van der Waals surface area contributed by atoms with Crippen LogP contribution < -0.4 is 4.72 Å². The average molecular weight is 379 g/mol. The number of sulfonamides is 1. The zero-order valence-electron chi connectivity index (χ0n) is 14.7. The molecule has 129 valence electrons. The molecule has 0 saturated carbocycles. The first-order valence-electron chi connectivity index (χ1n) is 7.54. The summed E-state index contributed by atoms with van der Waals surface area (Å²) in [5, 5.41) is 4.12. The topological polar surface area (TPSA) is 89.3 Å². The first-order chi connectivity index (χ1) is 11.9. The van der Waals surface area contributed by atoms with Crippen molar-refractivity contribution in [3.05, 3.63) is 60.4 Å². The van der Waals surface area contributed by atoms with Crippen LogP contribution in [0.25, 0.3) is 22.4 Å². The van der Waals surface area contributed by atoms with Crippen molar-refractivity contribution in [2.24, 2.45) is 0 Å². The van der Waals surface area contributed by atoms with E-state index in [2.05, 4.69) is 5.16 Å². The number of benzene rings is 2. The summed E-state index contributed by atoms with van der Waals surface area (Å²) >= 11 is 0. The van der Waals surface area contributed by atoms with Crippen LogP contribution in [0.15, 0.2) is 64.0 Å². The van der Waals surface area contributed by atoms with Crippen LogP contribution in [0.3, 0.4) is 0 Å². The molecule has 2 aromatic carbocycles. The molecule has 1 aromatic heterocycles. The van der Waals surface area contributed by atoms with E-state index >= 15 is 0 Å². The SMILES string of the molecule is CC(=O)NS(=O)(=O)c1ccc(-c2c(-c3ccccc3)noc2C)cc1.[Na]. The van der Waals surface area contributed by atoms with Crippen LogP contribution in [-0.4, -0.2) is 49.0 Å². The summed E-state index contributed by atoms with van der Waals surface area (Å²) < 4.78 is 31.3. The predicted octanol–water partition coefficient (Wildman–Crippen LogP) is 2.76. The summed E-state index contributed by atoms with van der Waals surface area (Å²) in [4.78, 5) is 11.0. The summed E-state index contributed by atoms with van der Waals surface area (Å²) in [5.41, 5.74) is 3.17. The quantitative estimate of drug-likeness (QED) is 0.704. The van der Waals surface area contributed by atoms with Crippen molar-refractivity contribution in [1.29, 1.82) is 0 Å². The number of hydrogen-bond acceptors (Lipinski definition) is 5. The normalized spacial score (nSPS) is 10.8. The molecule has 0 aliphatic heterocycles. The van der Waals surface area contributed by atoms with Gasteiger partial charge in [-0.1, -0.05) is 47.6 Å². The van der Waals surface area contributed by atoms with Crippen molar-refractivity contribution in [1.82, 2.24) is 9.88 Å². The van der Waals surface area contributed by atoms with Crippen LogP contribution in [-0.2, 0) is 14.8 Å². The van der Waals surface area contributed by atoms with E-state index in [1.165, 1.54) is 12.1 Å². The van der Waals surface area contributed by atoms with Gasteiger partial charge < -0.3 is 4.52 Å². The van der Waals surface area contributed by atoms with Gasteiger partial charge in [0.05, 0.1) is 10.5 Å². The second-order valence-corrected chi connectivity index (χ2v) is 7.20. The number of carbonyl (C=O) groups is 1. The van der Waals surface area contributed by atoms with Crippen LogP contribution in [0.1, 0.15) is 12.7 Å². The Kier molecular flexibility index (Phi) is 6.41. The number of hydrogen-bond donors (Lipinski definition) is 1. The van der Waals surface area contributed by atoms with Crippen LogP contribution in [0.5, 0.6) is 0 Å². The van der Waals surface area contributed by atoms with Gasteiger partial charge in [0.25, 0.3) is 10.0 Å². The second kappa shape index (κ2) is 8.18. The monoisotopic (exact) mass is 379 g/mol. The Balaban J connectivity index is 0.00000243. The average Bonchev–Trinajstić information content (AvgIpc) is 2.96. The van der Waals surface area contributed by atoms with Gasteiger partial charge >= 0.3 is 0 Å². The third-order valence-electron chi connectivity index (χ3n) is 3.64. The first kappa shape index (κ1) is 20.4. The van der Waals surface area contributed by atoms with E-state index in [1.54, 1.807) is 19.1 Å². The minimum Gasteiger partial charge on any atom is -0.360 e. The molecule has 26 heavy (non-hydrogen) atoms. The molecule has 1 amide bonds. The molecule has 3 rings (SSSR count). The van der Waals surface area contributed by atoms with Gasteiger partial charge in [0, 0.05) is 42.0 Å². The van der Waals surface area contributed by atoms with Gasteiger partial charge in [0.2, 0.25) is 5.91 Å². The van der Waals surface area contributed by atoms with Gasteiger partial charge in [-0.05, 0) is 24.6 Å². The Labute approximate surface area is 173 Å². The molecule has 0 spiro atoms. The second-order valence-electron chi connectivity index (χ2n) is 5.51. The molecule has 0 fully saturated rings. The Morgan fingerprint density at radius 3 is 2.19 bits per heavy atom. The van der Waals surface area contributed by atoms with E-state index in [0.717, 1.165) is 23.6 Å². The third kappa shape index (κ3) is 4.24. The number of aromatic nitrogens is 1. The van der Waals surface area contributed by atoms with E-state index in [9.17, 15) is 13.2 Å². The van der Waals surface area contributed by atoms with Crippen LogP contribution in [0.4, 0.5) is 0 Å². The molecular formula is C18H16N2NaO4S. The number of amides is 1. The van der Waals surface area contributed by atoms with E-state index in [1.807, 2.05) is 35.1 Å².